The second-order valence-electron chi connectivity index (χ2n) is 5.91. The van der Waals surface area contributed by atoms with E-state index in [9.17, 15) is 0 Å². The van der Waals surface area contributed by atoms with Gasteiger partial charge >= 0.3 is 0 Å². The number of hydrogen-bond donors (Lipinski definition) is 2. The number of anilines is 2. The van der Waals surface area contributed by atoms with Gasteiger partial charge in [0, 0.05) is 25.0 Å². The summed E-state index contributed by atoms with van der Waals surface area (Å²) >= 11 is 0. The zero-order valence-electron chi connectivity index (χ0n) is 13.5. The maximum Gasteiger partial charge on any atom is 0.193 e. The van der Waals surface area contributed by atoms with E-state index in [0.717, 1.165) is 30.2 Å². The Balaban J connectivity index is 1.62. The van der Waals surface area contributed by atoms with E-state index in [-0.39, 0.29) is 0 Å². The van der Waals surface area contributed by atoms with Gasteiger partial charge in [-0.3, -0.25) is 0 Å². The predicted octanol–water partition coefficient (Wildman–Crippen LogP) is 2.92. The van der Waals surface area contributed by atoms with E-state index in [1.54, 1.807) is 0 Å². The molecule has 3 rings (SSSR count). The number of benzene rings is 1. The van der Waals surface area contributed by atoms with Gasteiger partial charge in [-0.2, -0.15) is 0 Å². The highest BCUT2D eigenvalue weighted by Gasteiger charge is 2.13. The Morgan fingerprint density at radius 2 is 1.96 bits per heavy atom. The van der Waals surface area contributed by atoms with Crippen LogP contribution in [0, 0.1) is 6.92 Å². The van der Waals surface area contributed by atoms with Crippen LogP contribution in [0.3, 0.4) is 0 Å². The van der Waals surface area contributed by atoms with Crippen molar-refractivity contribution in [3.05, 3.63) is 53.7 Å². The summed E-state index contributed by atoms with van der Waals surface area (Å²) in [6.07, 6.45) is 4.34. The molecule has 0 aliphatic carbocycles. The Hall–Kier alpha value is -2.56. The fourth-order valence-electron chi connectivity index (χ4n) is 2.68. The molecule has 1 aromatic heterocycles. The average molecular weight is 309 g/mol. The minimum Gasteiger partial charge on any atom is -0.370 e. The summed E-state index contributed by atoms with van der Waals surface area (Å²) in [5.74, 6) is 1.47. The molecule has 0 unspecified atom stereocenters. The van der Waals surface area contributed by atoms with Crippen LogP contribution in [0.1, 0.15) is 24.0 Å². The molecule has 5 heteroatoms. The van der Waals surface area contributed by atoms with Crippen molar-refractivity contribution in [2.45, 2.75) is 26.3 Å². The van der Waals surface area contributed by atoms with Crippen molar-refractivity contribution < 1.29 is 0 Å². The van der Waals surface area contributed by atoms with Gasteiger partial charge in [0.1, 0.15) is 5.82 Å². The van der Waals surface area contributed by atoms with Crippen LogP contribution in [-0.2, 0) is 6.54 Å². The van der Waals surface area contributed by atoms with Crippen LogP contribution in [0.2, 0.25) is 0 Å². The third-order valence-corrected chi connectivity index (χ3v) is 4.00. The maximum atomic E-state index is 5.96. The van der Waals surface area contributed by atoms with Crippen molar-refractivity contribution in [3.63, 3.8) is 0 Å². The number of aryl methyl sites for hydroxylation is 1. The first-order valence-corrected chi connectivity index (χ1v) is 8.04. The van der Waals surface area contributed by atoms with Gasteiger partial charge in [0.05, 0.1) is 6.54 Å². The summed E-state index contributed by atoms with van der Waals surface area (Å²) in [5.41, 5.74) is 9.25. The Morgan fingerprint density at radius 3 is 2.70 bits per heavy atom. The number of pyridine rings is 1. The van der Waals surface area contributed by atoms with E-state index in [1.165, 1.54) is 18.4 Å². The third kappa shape index (κ3) is 4.22. The topological polar surface area (TPSA) is 66.5 Å². The van der Waals surface area contributed by atoms with Gasteiger partial charge in [0.15, 0.2) is 5.96 Å². The normalized spacial score (nSPS) is 15.0. The number of guanidine groups is 1. The molecule has 1 aliphatic rings. The van der Waals surface area contributed by atoms with E-state index in [1.807, 2.05) is 36.5 Å². The Bertz CT molecular complexity index is 672. The van der Waals surface area contributed by atoms with Crippen molar-refractivity contribution in [1.29, 1.82) is 0 Å². The molecule has 23 heavy (non-hydrogen) atoms. The Morgan fingerprint density at radius 1 is 1.22 bits per heavy atom. The van der Waals surface area contributed by atoms with Crippen LogP contribution in [0.4, 0.5) is 11.5 Å². The van der Waals surface area contributed by atoms with Gasteiger partial charge in [-0.05, 0) is 49.6 Å². The van der Waals surface area contributed by atoms with E-state index in [4.69, 9.17) is 5.73 Å². The molecule has 120 valence electrons. The Labute approximate surface area is 137 Å². The average Bonchev–Trinajstić information content (AvgIpc) is 3.10. The summed E-state index contributed by atoms with van der Waals surface area (Å²) in [7, 11) is 0. The molecule has 3 N–H and O–H groups in total. The van der Waals surface area contributed by atoms with Crippen LogP contribution in [0.5, 0.6) is 0 Å². The minimum atomic E-state index is 0.424. The lowest BCUT2D eigenvalue weighted by Crippen LogP contribution is -2.22. The Kier molecular flexibility index (Phi) is 4.76. The second kappa shape index (κ2) is 7.13. The molecule has 1 aliphatic heterocycles. The number of aliphatic imine (C=N–C) groups is 1. The van der Waals surface area contributed by atoms with Crippen molar-refractivity contribution in [2.75, 3.05) is 23.3 Å². The first-order chi connectivity index (χ1) is 11.2. The van der Waals surface area contributed by atoms with Gasteiger partial charge in [-0.15, -0.1) is 0 Å². The number of aromatic nitrogens is 1. The quantitative estimate of drug-likeness (QED) is 0.673. The molecule has 1 aromatic carbocycles. The highest BCUT2D eigenvalue weighted by Crippen LogP contribution is 2.18. The standard InChI is InChI=1S/C18H23N5/c1-14-4-6-16(7-5-14)22-18(19)21-13-15-8-9-20-17(12-15)23-10-2-3-11-23/h4-9,12H,2-3,10-11,13H2,1H3,(H3,19,21,22). The number of rotatable bonds is 4. The monoisotopic (exact) mass is 309 g/mol. The molecule has 0 atom stereocenters. The molecule has 0 amide bonds. The molecule has 0 saturated carbocycles. The highest BCUT2D eigenvalue weighted by molar-refractivity contribution is 5.92. The number of nitrogens with zero attached hydrogens (tertiary/aromatic N) is 3. The van der Waals surface area contributed by atoms with Crippen molar-refractivity contribution in [3.8, 4) is 0 Å². The van der Waals surface area contributed by atoms with E-state index >= 15 is 0 Å². The first-order valence-electron chi connectivity index (χ1n) is 8.04. The van der Waals surface area contributed by atoms with Crippen LogP contribution in [0.15, 0.2) is 47.6 Å². The summed E-state index contributed by atoms with van der Waals surface area (Å²) in [5, 5.41) is 3.11. The zero-order valence-corrected chi connectivity index (χ0v) is 13.5. The van der Waals surface area contributed by atoms with Crippen molar-refractivity contribution in [1.82, 2.24) is 4.98 Å². The molecule has 1 saturated heterocycles. The third-order valence-electron chi connectivity index (χ3n) is 4.00. The molecule has 1 fully saturated rings. The van der Waals surface area contributed by atoms with E-state index < -0.39 is 0 Å². The number of nitrogens with one attached hydrogen (secondary N) is 1. The van der Waals surface area contributed by atoms with E-state index in [2.05, 4.69) is 33.2 Å². The van der Waals surface area contributed by atoms with Gasteiger partial charge < -0.3 is 16.0 Å². The molecular formula is C18H23N5. The lowest BCUT2D eigenvalue weighted by molar-refractivity contribution is 0.928. The van der Waals surface area contributed by atoms with Crippen LogP contribution in [-0.4, -0.2) is 24.0 Å². The minimum absolute atomic E-state index is 0.424. The molecule has 0 spiro atoms. The molecule has 5 nitrogen and oxygen atoms in total. The molecule has 0 radical (unpaired) electrons. The van der Waals surface area contributed by atoms with Crippen LogP contribution < -0.4 is 16.0 Å². The SMILES string of the molecule is Cc1ccc(NC(N)=NCc2ccnc(N3CCCC3)c2)cc1. The van der Waals surface area contributed by atoms with Gasteiger partial charge in [-0.1, -0.05) is 17.7 Å². The first kappa shape index (κ1) is 15.3. The second-order valence-corrected chi connectivity index (χ2v) is 5.91. The molecular weight excluding hydrogens is 286 g/mol. The summed E-state index contributed by atoms with van der Waals surface area (Å²) in [6.45, 7) is 4.80. The molecule has 2 aromatic rings. The highest BCUT2D eigenvalue weighted by atomic mass is 15.2. The molecule has 0 bridgehead atoms. The summed E-state index contributed by atoms with van der Waals surface area (Å²) in [6, 6.07) is 12.2. The van der Waals surface area contributed by atoms with Gasteiger partial charge in [-0.25, -0.2) is 9.98 Å². The maximum absolute atomic E-state index is 5.96. The van der Waals surface area contributed by atoms with Crippen LogP contribution >= 0.6 is 0 Å². The van der Waals surface area contributed by atoms with Crippen molar-refractivity contribution in [2.24, 2.45) is 10.7 Å². The zero-order chi connectivity index (χ0) is 16.1. The summed E-state index contributed by atoms with van der Waals surface area (Å²) in [4.78, 5) is 11.2. The van der Waals surface area contributed by atoms with Gasteiger partial charge in [0.2, 0.25) is 0 Å². The smallest absolute Gasteiger partial charge is 0.193 e. The van der Waals surface area contributed by atoms with Crippen LogP contribution in [0.25, 0.3) is 0 Å². The van der Waals surface area contributed by atoms with Crippen molar-refractivity contribution >= 4 is 17.5 Å². The lowest BCUT2D eigenvalue weighted by Gasteiger charge is -2.16. The van der Waals surface area contributed by atoms with E-state index in [0.29, 0.717) is 12.5 Å². The number of hydrogen-bond acceptors (Lipinski definition) is 3. The molecule has 2 heterocycles. The summed E-state index contributed by atoms with van der Waals surface area (Å²) < 4.78 is 0. The predicted molar refractivity (Wildman–Crippen MR) is 95.8 cm³/mol. The lowest BCUT2D eigenvalue weighted by atomic mass is 10.2. The largest absolute Gasteiger partial charge is 0.370 e. The fraction of sp³-hybridized carbons (Fsp3) is 0.333. The fourth-order valence-corrected chi connectivity index (χ4v) is 2.68. The van der Waals surface area contributed by atoms with Gasteiger partial charge in [0.25, 0.3) is 0 Å². The number of nitrogens with two attached hydrogens (primary N) is 1.